The highest BCUT2D eigenvalue weighted by Crippen LogP contribution is 2.55. The number of nitrogens with two attached hydrogens (primary N) is 1. The number of pyridine rings is 2. The molecule has 7 saturated heterocycles. The summed E-state index contributed by atoms with van der Waals surface area (Å²) >= 11 is 2.26. The zero-order valence-electron chi connectivity index (χ0n) is 88.9. The van der Waals surface area contributed by atoms with Crippen LogP contribution in [0.4, 0.5) is 39.4 Å². The number of amides is 1. The number of Topliss-reactive ketones (excluding diaryl/α,β-unsaturated/α-hetero) is 1. The fourth-order valence-electron chi connectivity index (χ4n) is 25.9. The molecule has 7 aromatic heterocycles. The van der Waals surface area contributed by atoms with Crippen molar-refractivity contribution in [3.05, 3.63) is 171 Å². The average molecular weight is 2180 g/mol. The van der Waals surface area contributed by atoms with E-state index in [0.717, 1.165) is 275 Å². The molecule has 800 valence electrons. The number of nitrogens with zero attached hydrogens (tertiary/aromatic N) is 19. The van der Waals surface area contributed by atoms with Gasteiger partial charge in [-0.2, -0.15) is 32.1 Å². The van der Waals surface area contributed by atoms with Gasteiger partial charge < -0.3 is 84.8 Å². The van der Waals surface area contributed by atoms with Crippen LogP contribution in [0.15, 0.2) is 133 Å². The lowest BCUT2D eigenvalue weighted by Crippen LogP contribution is -2.58. The topological polar surface area (TPSA) is 334 Å². The zero-order valence-corrected chi connectivity index (χ0v) is 93.0. The maximum absolute atomic E-state index is 11.8. The number of piperidine rings is 5. The first-order valence-electron chi connectivity index (χ1n) is 55.1. The van der Waals surface area contributed by atoms with Gasteiger partial charge in [0.2, 0.25) is 0 Å². The van der Waals surface area contributed by atoms with Crippen molar-refractivity contribution in [2.75, 3.05) is 138 Å². The van der Waals surface area contributed by atoms with E-state index >= 15 is 0 Å². The number of aromatic nitrogens is 12. The van der Waals surface area contributed by atoms with Crippen molar-refractivity contribution < 1.29 is 38.0 Å². The standard InChI is InChI=1S/C35H44N8O2.C27H35IN6O2.C22H27N7.C17H26N2O.C13H21NO3.2H2S/c1-24(25-10-12-26(44-2)13-11-25)38-29-14-15-35(29)16-20-41(21-17-35)30-23-37-32-33(39-30)43(31-9-3-4-22-45-31)40-34(32)42-19-6-7-27-28(42)8-5-18-36-27;1-18(19-6-8-20(35-2)9-7-19)30-21-10-11-27(21)12-14-33(15-13-27)22-17-29-24-25(28)32-34(26(24)31-22)23-5-3-4-16-36-23;23-18-5-6-22(18)7-11-28(12-8-22)19-14-25-20-16(27-19)13-26-21(20)29-10-2-3-15-17(29)4-1-9-24-15;1-13(14-3-5-15(20-2)6-4-14)19-16-7-8-17(16)9-11-18-12-10-17;1-12(2,3)17-11(16)14-8-6-13(7-9-14)5-4-10(13)15;;/h5,8,10-13,18,23-24,29,31,38H,3-4,6-7,9,14-17,19-22H2,1-2H3;6-9,17-18,21,23,30H,3-5,10-16H2,1-2H3;1,4,9,14,18H,2-3,5-8,10-13,23H2;3-6,13,16,18-19H,7-12H2,1-2H3;4-9H2,1-3H3;2*1H2/t24-,29-,31?;18-,21-,23?;18-;13-,16-;;;/m0000.../s1. The molecule has 15 aliphatic rings. The molecular formula is C114H157IN24O8S2. The van der Waals surface area contributed by atoms with Crippen molar-refractivity contribution in [1.29, 1.82) is 0 Å². The molecule has 9 atom stereocenters. The van der Waals surface area contributed by atoms with Crippen LogP contribution in [0.25, 0.3) is 22.3 Å². The normalized spacial score (nSPS) is 24.0. The Balaban J connectivity index is 0.000000121. The number of aliphatic imine (C=N–C) groups is 1. The number of methoxy groups -OCH3 is 3. The summed E-state index contributed by atoms with van der Waals surface area (Å²) in [5.41, 5.74) is 21.3. The largest absolute Gasteiger partial charge is 0.497 e. The number of ether oxygens (including phenoxy) is 6. The van der Waals surface area contributed by atoms with Gasteiger partial charge in [0.1, 0.15) is 57.3 Å². The van der Waals surface area contributed by atoms with Gasteiger partial charge in [0.15, 0.2) is 44.6 Å². The number of hydrogen-bond donors (Lipinski definition) is 5. The van der Waals surface area contributed by atoms with E-state index in [1.54, 1.807) is 26.2 Å². The second-order valence-corrected chi connectivity index (χ2v) is 46.3. The molecule has 0 bridgehead atoms. The van der Waals surface area contributed by atoms with E-state index in [9.17, 15) is 9.59 Å². The van der Waals surface area contributed by atoms with Crippen molar-refractivity contribution in [1.82, 2.24) is 85.6 Å². The van der Waals surface area contributed by atoms with Crippen LogP contribution in [0.1, 0.15) is 291 Å². The quantitative estimate of drug-likeness (QED) is 0.0498. The first-order chi connectivity index (χ1) is 71.5. The Kier molecular flexibility index (Phi) is 33.7. The van der Waals surface area contributed by atoms with Gasteiger partial charge in [-0.3, -0.25) is 19.8 Å². The molecule has 2 unspecified atom stereocenters. The van der Waals surface area contributed by atoms with Gasteiger partial charge >= 0.3 is 6.09 Å². The molecule has 25 rings (SSSR count). The summed E-state index contributed by atoms with van der Waals surface area (Å²) in [5, 5.41) is 25.2. The number of hydrogen-bond acceptors (Lipinski definition) is 29. The molecule has 1 amide bonds. The number of aryl methyl sites for hydroxylation is 2. The number of carbonyl (C=O) groups is 2. The third kappa shape index (κ3) is 22.9. The highest BCUT2D eigenvalue weighted by molar-refractivity contribution is 14.1. The molecule has 17 heterocycles. The number of fused-ring (bicyclic) bond motifs is 5. The molecule has 5 saturated carbocycles. The lowest BCUT2D eigenvalue weighted by molar-refractivity contribution is -0.142. The smallest absolute Gasteiger partial charge is 0.410 e. The summed E-state index contributed by atoms with van der Waals surface area (Å²) in [6, 6.07) is 36.9. The van der Waals surface area contributed by atoms with Gasteiger partial charge in [-0.15, -0.1) is 5.10 Å². The number of rotatable bonds is 18. The van der Waals surface area contributed by atoms with Crippen molar-refractivity contribution in [3.8, 4) is 17.2 Å². The third-order valence-corrected chi connectivity index (χ3v) is 36.7. The molecule has 5 aliphatic carbocycles. The van der Waals surface area contributed by atoms with E-state index in [1.807, 2.05) is 85.4 Å². The van der Waals surface area contributed by atoms with Gasteiger partial charge in [-0.05, 0) is 362 Å². The molecule has 32 nitrogen and oxygen atoms in total. The number of ketones is 1. The van der Waals surface area contributed by atoms with Crippen molar-refractivity contribution in [3.63, 3.8) is 0 Å². The summed E-state index contributed by atoms with van der Waals surface area (Å²) in [4.78, 5) is 80.9. The molecule has 12 fully saturated rings. The number of amidine groups is 1. The maximum Gasteiger partial charge on any atom is 0.410 e. The summed E-state index contributed by atoms with van der Waals surface area (Å²) in [6.07, 6.45) is 43.1. The van der Waals surface area contributed by atoms with Crippen molar-refractivity contribution in [2.24, 2.45) is 37.8 Å². The van der Waals surface area contributed by atoms with E-state index in [0.29, 0.717) is 89.4 Å². The number of nitrogens with one attached hydrogen (secondary N) is 4. The molecule has 6 N–H and O–H groups in total. The molecular weight excluding hydrogens is 2020 g/mol. The van der Waals surface area contributed by atoms with E-state index in [-0.39, 0.29) is 51.0 Å². The molecule has 10 aliphatic heterocycles. The van der Waals surface area contributed by atoms with Crippen molar-refractivity contribution >= 4 is 124 Å². The van der Waals surface area contributed by atoms with Crippen LogP contribution in [0.2, 0.25) is 0 Å². The zero-order chi connectivity index (χ0) is 101. The fraction of sp³-hybridized carbons (Fsp3) is 0.605. The second-order valence-electron chi connectivity index (χ2n) is 45.3. The minimum Gasteiger partial charge on any atom is -0.497 e. The Labute approximate surface area is 906 Å². The van der Waals surface area contributed by atoms with Crippen LogP contribution in [0.5, 0.6) is 17.2 Å². The predicted octanol–water partition coefficient (Wildman–Crippen LogP) is 19.1. The lowest BCUT2D eigenvalue weighted by Gasteiger charge is -2.55. The summed E-state index contributed by atoms with van der Waals surface area (Å²) in [5.74, 6) is 7.83. The van der Waals surface area contributed by atoms with Gasteiger partial charge in [0.05, 0.1) is 74.9 Å². The SMILES string of the molecule is CC(C)(C)OC(=O)N1CCC2(CCC2=O)CC1.COc1ccc([C@H](C)N[C@H]2CCC23CCN(c2cnc4c(I)nn(C5CCCCO5)c4n2)CC3)cc1.COc1ccc([C@H](C)N[C@H]2CCC23CCN(c2cnc4c(N5CCCc6ncccc65)nn(C5CCCCO5)c4n2)CC3)cc1.COc1ccc([C@H](C)N[C@H]2CCC23CCNCC3)cc1.N[C@H]1CCC12CCN(c1cnc3c(n1)CN=C3N1CCCc3ncccc31)CC2.S.S. The van der Waals surface area contributed by atoms with Crippen LogP contribution in [-0.2, 0) is 38.4 Å². The Morgan fingerprint density at radius 1 is 0.477 bits per heavy atom. The van der Waals surface area contributed by atoms with Crippen LogP contribution in [0, 0.1) is 30.8 Å². The van der Waals surface area contributed by atoms with E-state index in [4.69, 9.17) is 79.2 Å². The van der Waals surface area contributed by atoms with Crippen LogP contribution in [0.3, 0.4) is 0 Å². The van der Waals surface area contributed by atoms with Crippen LogP contribution < -0.4 is 65.7 Å². The monoisotopic (exact) mass is 2180 g/mol. The highest BCUT2D eigenvalue weighted by atomic mass is 127. The van der Waals surface area contributed by atoms with E-state index in [1.165, 1.54) is 120 Å². The summed E-state index contributed by atoms with van der Waals surface area (Å²) in [7, 11) is 5.14. The number of halogens is 1. The highest BCUT2D eigenvalue weighted by Gasteiger charge is 2.54. The number of benzene rings is 3. The van der Waals surface area contributed by atoms with Gasteiger partial charge in [0, 0.05) is 145 Å². The molecule has 3 aromatic carbocycles. The van der Waals surface area contributed by atoms with Crippen LogP contribution in [-0.4, -0.2) is 225 Å². The molecule has 35 heteroatoms. The summed E-state index contributed by atoms with van der Waals surface area (Å²) in [6.45, 7) is 26.2. The Morgan fingerprint density at radius 3 is 1.35 bits per heavy atom. The Morgan fingerprint density at radius 2 is 0.919 bits per heavy atom. The molecule has 149 heavy (non-hydrogen) atoms. The minimum atomic E-state index is -0.446. The first kappa shape index (κ1) is 108. The fourth-order valence-corrected chi connectivity index (χ4v) is 26.5. The molecule has 5 spiro atoms. The maximum atomic E-state index is 11.8. The number of likely N-dealkylation sites (tertiary alicyclic amines) is 1. The van der Waals surface area contributed by atoms with Gasteiger partial charge in [-0.25, -0.2) is 44.1 Å². The first-order valence-corrected chi connectivity index (χ1v) is 56.2. The third-order valence-electron chi connectivity index (χ3n) is 36.0. The minimum absolute atomic E-state index is 0. The number of carbonyl (C=O) groups excluding carboxylic acids is 2. The lowest BCUT2D eigenvalue weighted by atomic mass is 9.59. The van der Waals surface area contributed by atoms with E-state index < -0.39 is 5.60 Å². The summed E-state index contributed by atoms with van der Waals surface area (Å²) < 4.78 is 38.3. The van der Waals surface area contributed by atoms with Gasteiger partial charge in [0.25, 0.3) is 0 Å². The average Bonchev–Trinajstić information content (AvgIpc) is 1.73. The number of anilines is 6. The second kappa shape index (κ2) is 46.7. The molecule has 0 radical (unpaired) electrons. The Hall–Kier alpha value is -9.70. The predicted molar refractivity (Wildman–Crippen MR) is 603 cm³/mol. The van der Waals surface area contributed by atoms with Crippen molar-refractivity contribution in [2.45, 2.75) is 301 Å². The van der Waals surface area contributed by atoms with Crippen LogP contribution >= 0.6 is 49.6 Å². The molecule has 10 aromatic rings. The van der Waals surface area contributed by atoms with Gasteiger partial charge in [-0.1, -0.05) is 36.4 Å². The van der Waals surface area contributed by atoms with E-state index in [2.05, 4.69) is 172 Å². The Bertz CT molecular complexity index is 6240.